The van der Waals surface area contributed by atoms with Crippen LogP contribution < -0.4 is 15.5 Å². The van der Waals surface area contributed by atoms with Crippen molar-refractivity contribution < 1.29 is 29.0 Å². The molecule has 0 bridgehead atoms. The summed E-state index contributed by atoms with van der Waals surface area (Å²) in [6.45, 7) is 3.97. The van der Waals surface area contributed by atoms with E-state index in [-0.39, 0.29) is 17.9 Å². The average Bonchev–Trinajstić information content (AvgIpc) is 2.94. The molecule has 3 N–H and O–H groups in total. The van der Waals surface area contributed by atoms with E-state index >= 15 is 0 Å². The fourth-order valence-corrected chi connectivity index (χ4v) is 5.47. The summed E-state index contributed by atoms with van der Waals surface area (Å²) in [5.74, 6) is -0.178. The quantitative estimate of drug-likeness (QED) is 0.321. The summed E-state index contributed by atoms with van der Waals surface area (Å²) < 4.78 is 17.7. The molecule has 3 aromatic rings. The number of benzene rings is 2. The van der Waals surface area contributed by atoms with Crippen LogP contribution in [0.2, 0.25) is 0 Å². The Balaban J connectivity index is 1.24. The third-order valence-corrected chi connectivity index (χ3v) is 7.56. The van der Waals surface area contributed by atoms with E-state index in [9.17, 15) is 9.59 Å². The van der Waals surface area contributed by atoms with Crippen LogP contribution in [0.15, 0.2) is 54.6 Å². The van der Waals surface area contributed by atoms with Gasteiger partial charge >= 0.3 is 0 Å². The molecule has 1 saturated carbocycles. The Bertz CT molecular complexity index is 1290. The highest BCUT2D eigenvalue weighted by Gasteiger charge is 2.46. The van der Waals surface area contributed by atoms with Gasteiger partial charge in [0.05, 0.1) is 37.4 Å². The fourth-order valence-electron chi connectivity index (χ4n) is 5.47. The number of ether oxygens (including phenoxy) is 3. The Morgan fingerprint density at radius 3 is 2.53 bits per heavy atom. The fraction of sp³-hybridized carbons (Fsp3) is 0.414. The van der Waals surface area contributed by atoms with Crippen LogP contribution in [0.3, 0.4) is 0 Å². The maximum atomic E-state index is 13.2. The number of hydrogen-bond acceptors (Lipinski definition) is 7. The van der Waals surface area contributed by atoms with Gasteiger partial charge in [0.15, 0.2) is 0 Å². The molecule has 200 valence electrons. The van der Waals surface area contributed by atoms with Crippen molar-refractivity contribution in [1.82, 2.24) is 15.8 Å². The van der Waals surface area contributed by atoms with Crippen molar-refractivity contribution in [1.29, 1.82) is 0 Å². The molecular weight excluding hydrogens is 486 g/mol. The van der Waals surface area contributed by atoms with Gasteiger partial charge in [-0.25, -0.2) is 5.48 Å². The number of rotatable bonds is 7. The number of pyridine rings is 1. The maximum Gasteiger partial charge on any atom is 0.251 e. The number of fused-ring (bicyclic) bond motifs is 1. The summed E-state index contributed by atoms with van der Waals surface area (Å²) in [5.41, 5.74) is 3.90. The summed E-state index contributed by atoms with van der Waals surface area (Å²) in [6, 6.07) is 16.9. The minimum Gasteiger partial charge on any atom is -0.489 e. The van der Waals surface area contributed by atoms with Gasteiger partial charge in [-0.05, 0) is 69.0 Å². The number of para-hydroxylation sites is 1. The van der Waals surface area contributed by atoms with Crippen LogP contribution in [-0.2, 0) is 20.9 Å². The first-order valence-corrected chi connectivity index (χ1v) is 12.9. The molecule has 2 amide bonds. The van der Waals surface area contributed by atoms with E-state index < -0.39 is 11.4 Å². The number of amides is 2. The van der Waals surface area contributed by atoms with E-state index in [1.165, 1.54) is 0 Å². The van der Waals surface area contributed by atoms with Crippen molar-refractivity contribution in [3.05, 3.63) is 71.4 Å². The molecule has 0 radical (unpaired) electrons. The number of hydroxylamine groups is 1. The molecule has 9 heteroatoms. The Labute approximate surface area is 221 Å². The molecule has 1 aromatic heterocycles. The average molecular weight is 520 g/mol. The predicted molar refractivity (Wildman–Crippen MR) is 140 cm³/mol. The Hall–Kier alpha value is -3.53. The molecule has 5 rings (SSSR count). The normalized spacial score (nSPS) is 23.2. The molecule has 2 aromatic carbocycles. The molecule has 2 aliphatic rings. The summed E-state index contributed by atoms with van der Waals surface area (Å²) in [5, 5.41) is 13.3. The first kappa shape index (κ1) is 26.1. The van der Waals surface area contributed by atoms with E-state index in [1.807, 2.05) is 37.3 Å². The van der Waals surface area contributed by atoms with Gasteiger partial charge in [-0.1, -0.05) is 18.2 Å². The number of nitrogens with zero attached hydrogens (tertiary/aromatic N) is 1. The number of nitrogens with one attached hydrogen (secondary N) is 2. The zero-order chi connectivity index (χ0) is 26.6. The summed E-state index contributed by atoms with van der Waals surface area (Å²) in [4.78, 5) is 29.9. The number of aryl methyl sites for hydroxylation is 1. The van der Waals surface area contributed by atoms with Crippen molar-refractivity contribution in [3.63, 3.8) is 0 Å². The molecule has 0 unspecified atom stereocenters. The van der Waals surface area contributed by atoms with Crippen LogP contribution >= 0.6 is 0 Å². The molecule has 1 aliphatic carbocycles. The Morgan fingerprint density at radius 1 is 1.05 bits per heavy atom. The van der Waals surface area contributed by atoms with Gasteiger partial charge in [0.1, 0.15) is 12.4 Å². The highest BCUT2D eigenvalue weighted by Crippen LogP contribution is 2.40. The first-order chi connectivity index (χ1) is 18.4. The SMILES string of the molecule is Cc1cc(COc2ccc(C(=O)NC3(CC(=O)NO)CCC4(CC3)COCCO4)cc2)c2ccccc2n1. The third-order valence-electron chi connectivity index (χ3n) is 7.56. The van der Waals surface area contributed by atoms with Gasteiger partial charge in [0.25, 0.3) is 5.91 Å². The zero-order valence-electron chi connectivity index (χ0n) is 21.5. The predicted octanol–water partition coefficient (Wildman–Crippen LogP) is 3.85. The molecule has 2 heterocycles. The number of hydrogen-bond donors (Lipinski definition) is 3. The largest absolute Gasteiger partial charge is 0.489 e. The number of carbonyl (C=O) groups is 2. The van der Waals surface area contributed by atoms with Crippen LogP contribution in [0, 0.1) is 6.92 Å². The van der Waals surface area contributed by atoms with Gasteiger partial charge in [-0.2, -0.15) is 0 Å². The van der Waals surface area contributed by atoms with Gasteiger partial charge in [0.2, 0.25) is 5.91 Å². The lowest BCUT2D eigenvalue weighted by molar-refractivity contribution is -0.178. The van der Waals surface area contributed by atoms with Gasteiger partial charge in [-0.15, -0.1) is 0 Å². The van der Waals surface area contributed by atoms with Gasteiger partial charge in [-0.3, -0.25) is 19.8 Å². The van der Waals surface area contributed by atoms with Crippen LogP contribution in [0.1, 0.15) is 53.7 Å². The van der Waals surface area contributed by atoms with Crippen molar-refractivity contribution in [2.45, 2.75) is 56.8 Å². The molecule has 2 fully saturated rings. The summed E-state index contributed by atoms with van der Waals surface area (Å²) in [6.07, 6.45) is 2.36. The van der Waals surface area contributed by atoms with Crippen molar-refractivity contribution in [3.8, 4) is 5.75 Å². The molecule has 38 heavy (non-hydrogen) atoms. The number of carbonyl (C=O) groups excluding carboxylic acids is 2. The van der Waals surface area contributed by atoms with E-state index in [2.05, 4.69) is 10.3 Å². The summed E-state index contributed by atoms with van der Waals surface area (Å²) in [7, 11) is 0. The lowest BCUT2D eigenvalue weighted by Gasteiger charge is -2.47. The van der Waals surface area contributed by atoms with Crippen molar-refractivity contribution in [2.75, 3.05) is 19.8 Å². The smallest absolute Gasteiger partial charge is 0.251 e. The highest BCUT2D eigenvalue weighted by atomic mass is 16.6. The monoisotopic (exact) mass is 519 g/mol. The standard InChI is InChI=1S/C29H33N3O6/c1-20-16-22(24-4-2-3-5-25(24)30-20)18-37-23-8-6-21(7-9-23)27(34)31-28(17-26(33)32-35)10-12-29(13-11-28)19-36-14-15-38-29/h2-9,16,35H,10-15,17-19H2,1H3,(H,31,34)(H,32,33). The first-order valence-electron chi connectivity index (χ1n) is 12.9. The third kappa shape index (κ3) is 5.80. The molecular formula is C29H33N3O6. The van der Waals surface area contributed by atoms with E-state index in [4.69, 9.17) is 19.4 Å². The van der Waals surface area contributed by atoms with E-state index in [0.29, 0.717) is 63.4 Å². The van der Waals surface area contributed by atoms with Crippen molar-refractivity contribution in [2.24, 2.45) is 0 Å². The maximum absolute atomic E-state index is 13.2. The molecule has 1 saturated heterocycles. The van der Waals surface area contributed by atoms with E-state index in [1.54, 1.807) is 29.7 Å². The second-order valence-corrected chi connectivity index (χ2v) is 10.3. The second kappa shape index (κ2) is 11.1. The Morgan fingerprint density at radius 2 is 1.82 bits per heavy atom. The minimum atomic E-state index is -0.786. The Kier molecular flexibility index (Phi) is 7.60. The number of aromatic nitrogens is 1. The molecule has 0 atom stereocenters. The van der Waals surface area contributed by atoms with Crippen molar-refractivity contribution >= 4 is 22.7 Å². The second-order valence-electron chi connectivity index (χ2n) is 10.3. The van der Waals surface area contributed by atoms with Crippen LogP contribution in [-0.4, -0.2) is 53.0 Å². The van der Waals surface area contributed by atoms with Gasteiger partial charge in [0, 0.05) is 27.7 Å². The topological polar surface area (TPSA) is 119 Å². The molecule has 1 spiro atoms. The lowest BCUT2D eigenvalue weighted by atomic mass is 9.72. The zero-order valence-corrected chi connectivity index (χ0v) is 21.5. The molecule has 1 aliphatic heterocycles. The van der Waals surface area contributed by atoms with E-state index in [0.717, 1.165) is 22.2 Å². The van der Waals surface area contributed by atoms with Gasteiger partial charge < -0.3 is 19.5 Å². The van der Waals surface area contributed by atoms with Crippen LogP contribution in [0.25, 0.3) is 10.9 Å². The van der Waals surface area contributed by atoms with Crippen LogP contribution in [0.4, 0.5) is 0 Å². The molecule has 9 nitrogen and oxygen atoms in total. The van der Waals surface area contributed by atoms with Crippen LogP contribution in [0.5, 0.6) is 5.75 Å². The highest BCUT2D eigenvalue weighted by molar-refractivity contribution is 5.95. The lowest BCUT2D eigenvalue weighted by Crippen LogP contribution is -2.58. The summed E-state index contributed by atoms with van der Waals surface area (Å²) >= 11 is 0. The minimum absolute atomic E-state index is 0.0212.